The highest BCUT2D eigenvalue weighted by Crippen LogP contribution is 2.33. The van der Waals surface area contributed by atoms with Gasteiger partial charge in [-0.25, -0.2) is 8.42 Å². The first-order chi connectivity index (χ1) is 10.3. The predicted octanol–water partition coefficient (Wildman–Crippen LogP) is 0.706. The van der Waals surface area contributed by atoms with Gasteiger partial charge in [0.25, 0.3) is 0 Å². The Hall–Kier alpha value is -1.44. The minimum atomic E-state index is -3.58. The molecule has 3 rings (SSSR count). The Bertz CT molecular complexity index is 717. The second-order valence-electron chi connectivity index (χ2n) is 6.02. The molecular formula is C15H21N3O3S. The summed E-state index contributed by atoms with van der Waals surface area (Å²) < 4.78 is 27.1. The number of hydrogen-bond donors (Lipinski definition) is 1. The average molecular weight is 323 g/mol. The predicted molar refractivity (Wildman–Crippen MR) is 84.1 cm³/mol. The standard InChI is InChI=1S/C15H21N3O3S/c1-10-14(16)6-8-18(10)22(20,21)13-4-3-12-5-7-17(11(2)19)15(12)9-13/h3-4,9-10,14H,5-8,16H2,1-2H3. The molecule has 2 N–H and O–H groups in total. The zero-order chi connectivity index (χ0) is 16.1. The molecule has 0 radical (unpaired) electrons. The Balaban J connectivity index is 1.99. The lowest BCUT2D eigenvalue weighted by atomic mass is 10.2. The molecule has 120 valence electrons. The number of nitrogens with two attached hydrogens (primary N) is 1. The van der Waals surface area contributed by atoms with E-state index in [0.717, 1.165) is 12.0 Å². The third kappa shape index (κ3) is 2.33. The number of hydrogen-bond acceptors (Lipinski definition) is 4. The van der Waals surface area contributed by atoms with Crippen LogP contribution in [0, 0.1) is 0 Å². The van der Waals surface area contributed by atoms with Crippen LogP contribution in [0.5, 0.6) is 0 Å². The second kappa shape index (κ2) is 5.33. The molecule has 0 aromatic heterocycles. The van der Waals surface area contributed by atoms with Crippen molar-refractivity contribution in [1.82, 2.24) is 4.31 Å². The fourth-order valence-electron chi connectivity index (χ4n) is 3.26. The summed E-state index contributed by atoms with van der Waals surface area (Å²) in [5.74, 6) is -0.0649. The van der Waals surface area contributed by atoms with Gasteiger partial charge in [-0.3, -0.25) is 4.79 Å². The van der Waals surface area contributed by atoms with Crippen LogP contribution in [0.4, 0.5) is 5.69 Å². The van der Waals surface area contributed by atoms with Crippen molar-refractivity contribution < 1.29 is 13.2 Å². The molecule has 0 bridgehead atoms. The summed E-state index contributed by atoms with van der Waals surface area (Å²) >= 11 is 0. The number of amides is 1. The summed E-state index contributed by atoms with van der Waals surface area (Å²) in [6.45, 7) is 4.39. The molecule has 2 aliphatic heterocycles. The van der Waals surface area contributed by atoms with Crippen molar-refractivity contribution in [2.45, 2.75) is 43.7 Å². The molecule has 2 aliphatic rings. The molecule has 2 unspecified atom stereocenters. The zero-order valence-corrected chi connectivity index (χ0v) is 13.6. The molecule has 1 aromatic carbocycles. The van der Waals surface area contributed by atoms with Crippen molar-refractivity contribution in [2.75, 3.05) is 18.0 Å². The van der Waals surface area contributed by atoms with E-state index in [2.05, 4.69) is 0 Å². The van der Waals surface area contributed by atoms with Crippen LogP contribution in [0.3, 0.4) is 0 Å². The molecule has 0 saturated carbocycles. The maximum Gasteiger partial charge on any atom is 0.243 e. The van der Waals surface area contributed by atoms with Crippen LogP contribution >= 0.6 is 0 Å². The number of rotatable bonds is 2. The van der Waals surface area contributed by atoms with E-state index in [4.69, 9.17) is 5.73 Å². The number of anilines is 1. The molecule has 1 saturated heterocycles. The number of carbonyl (C=O) groups is 1. The second-order valence-corrected chi connectivity index (χ2v) is 7.91. The van der Waals surface area contributed by atoms with Crippen LogP contribution in [0.1, 0.15) is 25.8 Å². The first-order valence-corrected chi connectivity index (χ1v) is 8.95. The van der Waals surface area contributed by atoms with E-state index >= 15 is 0 Å². The van der Waals surface area contributed by atoms with Crippen molar-refractivity contribution in [1.29, 1.82) is 0 Å². The first-order valence-electron chi connectivity index (χ1n) is 7.51. The lowest BCUT2D eigenvalue weighted by Gasteiger charge is -2.23. The SMILES string of the molecule is CC(=O)N1CCc2ccc(S(=O)(=O)N3CCC(N)C3C)cc21. The molecule has 1 amide bonds. The fourth-order valence-corrected chi connectivity index (χ4v) is 4.97. The Morgan fingerprint density at radius 2 is 2.05 bits per heavy atom. The number of fused-ring (bicyclic) bond motifs is 1. The number of nitrogens with zero attached hydrogens (tertiary/aromatic N) is 2. The van der Waals surface area contributed by atoms with E-state index in [1.807, 2.05) is 13.0 Å². The fraction of sp³-hybridized carbons (Fsp3) is 0.533. The van der Waals surface area contributed by atoms with Crippen LogP contribution < -0.4 is 10.6 Å². The molecular weight excluding hydrogens is 302 g/mol. The van der Waals surface area contributed by atoms with Gasteiger partial charge in [-0.15, -0.1) is 0 Å². The first kappa shape index (κ1) is 15.5. The van der Waals surface area contributed by atoms with Gasteiger partial charge in [0.2, 0.25) is 15.9 Å². The van der Waals surface area contributed by atoms with E-state index in [1.165, 1.54) is 11.2 Å². The summed E-state index contributed by atoms with van der Waals surface area (Å²) in [7, 11) is -3.58. The molecule has 1 aromatic rings. The molecule has 6 nitrogen and oxygen atoms in total. The van der Waals surface area contributed by atoms with Crippen molar-refractivity contribution in [2.24, 2.45) is 5.73 Å². The Labute approximate surface area is 130 Å². The van der Waals surface area contributed by atoms with Gasteiger partial charge >= 0.3 is 0 Å². The third-order valence-corrected chi connectivity index (χ3v) is 6.68. The highest BCUT2D eigenvalue weighted by Gasteiger charge is 2.37. The molecule has 2 atom stereocenters. The molecule has 1 fully saturated rings. The summed E-state index contributed by atoms with van der Waals surface area (Å²) in [6, 6.07) is 4.73. The van der Waals surface area contributed by atoms with Crippen LogP contribution in [-0.2, 0) is 21.2 Å². The molecule has 2 heterocycles. The lowest BCUT2D eigenvalue weighted by molar-refractivity contribution is -0.116. The quantitative estimate of drug-likeness (QED) is 0.868. The summed E-state index contributed by atoms with van der Waals surface area (Å²) in [4.78, 5) is 13.5. The van der Waals surface area contributed by atoms with E-state index < -0.39 is 10.0 Å². The number of benzene rings is 1. The van der Waals surface area contributed by atoms with E-state index in [9.17, 15) is 13.2 Å². The van der Waals surface area contributed by atoms with Gasteiger partial charge in [-0.2, -0.15) is 4.31 Å². The van der Waals surface area contributed by atoms with Gasteiger partial charge in [-0.05, 0) is 37.5 Å². The summed E-state index contributed by atoms with van der Waals surface area (Å²) in [6.07, 6.45) is 1.44. The van der Waals surface area contributed by atoms with Crippen LogP contribution in [-0.4, -0.2) is 43.8 Å². The normalized spacial score (nSPS) is 25.5. The van der Waals surface area contributed by atoms with Crippen molar-refractivity contribution in [3.05, 3.63) is 23.8 Å². The minimum Gasteiger partial charge on any atom is -0.326 e. The Kier molecular flexibility index (Phi) is 3.74. The van der Waals surface area contributed by atoms with Gasteiger partial charge in [0, 0.05) is 37.8 Å². The molecule has 0 spiro atoms. The van der Waals surface area contributed by atoms with Gasteiger partial charge in [0.15, 0.2) is 0 Å². The lowest BCUT2D eigenvalue weighted by Crippen LogP contribution is -2.40. The Morgan fingerprint density at radius 3 is 2.64 bits per heavy atom. The maximum absolute atomic E-state index is 12.8. The van der Waals surface area contributed by atoms with E-state index in [0.29, 0.717) is 25.2 Å². The van der Waals surface area contributed by atoms with Crippen molar-refractivity contribution in [3.8, 4) is 0 Å². The maximum atomic E-state index is 12.8. The van der Waals surface area contributed by atoms with E-state index in [-0.39, 0.29) is 22.9 Å². The molecule has 0 aliphatic carbocycles. The largest absolute Gasteiger partial charge is 0.326 e. The van der Waals surface area contributed by atoms with Gasteiger partial charge in [0.1, 0.15) is 0 Å². The molecule has 7 heteroatoms. The topological polar surface area (TPSA) is 83.7 Å². The minimum absolute atomic E-state index is 0.0649. The Morgan fingerprint density at radius 1 is 1.32 bits per heavy atom. The van der Waals surface area contributed by atoms with Crippen molar-refractivity contribution in [3.63, 3.8) is 0 Å². The van der Waals surface area contributed by atoms with Gasteiger partial charge in [0.05, 0.1) is 4.90 Å². The molecule has 22 heavy (non-hydrogen) atoms. The third-order valence-electron chi connectivity index (χ3n) is 4.70. The number of sulfonamides is 1. The van der Waals surface area contributed by atoms with Gasteiger partial charge in [-0.1, -0.05) is 6.07 Å². The highest BCUT2D eigenvalue weighted by atomic mass is 32.2. The van der Waals surface area contributed by atoms with Crippen LogP contribution in [0.2, 0.25) is 0 Å². The summed E-state index contributed by atoms with van der Waals surface area (Å²) in [5.41, 5.74) is 7.66. The average Bonchev–Trinajstić information content (AvgIpc) is 3.03. The van der Waals surface area contributed by atoms with Crippen LogP contribution in [0.15, 0.2) is 23.1 Å². The summed E-state index contributed by atoms with van der Waals surface area (Å²) in [5, 5.41) is 0. The highest BCUT2D eigenvalue weighted by molar-refractivity contribution is 7.89. The van der Waals surface area contributed by atoms with Crippen LogP contribution in [0.25, 0.3) is 0 Å². The smallest absolute Gasteiger partial charge is 0.243 e. The monoisotopic (exact) mass is 323 g/mol. The van der Waals surface area contributed by atoms with Gasteiger partial charge < -0.3 is 10.6 Å². The van der Waals surface area contributed by atoms with Crippen molar-refractivity contribution >= 4 is 21.6 Å². The number of carbonyl (C=O) groups excluding carboxylic acids is 1. The zero-order valence-electron chi connectivity index (χ0n) is 12.8. The van der Waals surface area contributed by atoms with E-state index in [1.54, 1.807) is 17.0 Å².